The molecule has 98 valence electrons. The van der Waals surface area contributed by atoms with E-state index >= 15 is 0 Å². The molecule has 0 saturated heterocycles. The van der Waals surface area contributed by atoms with Crippen LogP contribution in [-0.4, -0.2) is 39.0 Å². The fourth-order valence-corrected chi connectivity index (χ4v) is 1.27. The zero-order valence-electron chi connectivity index (χ0n) is 10.8. The topological polar surface area (TPSA) is 79.6 Å². The van der Waals surface area contributed by atoms with E-state index in [4.69, 9.17) is 5.11 Å². The second-order valence-corrected chi connectivity index (χ2v) is 4.59. The van der Waals surface area contributed by atoms with Gasteiger partial charge in [-0.05, 0) is 19.9 Å². The molecule has 0 aromatic carbocycles. The molecule has 0 unspecified atom stereocenters. The number of amides is 1. The summed E-state index contributed by atoms with van der Waals surface area (Å²) in [6.45, 7) is 2.85. The summed E-state index contributed by atoms with van der Waals surface area (Å²) in [5, 5.41) is 9.05. The van der Waals surface area contributed by atoms with E-state index in [-0.39, 0.29) is 11.1 Å². The summed E-state index contributed by atoms with van der Waals surface area (Å²) in [5.41, 5.74) is -1.48. The smallest absolute Gasteiger partial charge is 0.329 e. The molecule has 18 heavy (non-hydrogen) atoms. The molecule has 0 aliphatic carbocycles. The minimum absolute atomic E-state index is 0.176. The van der Waals surface area contributed by atoms with Gasteiger partial charge in [0.1, 0.15) is 5.54 Å². The van der Waals surface area contributed by atoms with Crippen LogP contribution in [-0.2, 0) is 11.8 Å². The first-order chi connectivity index (χ1) is 8.17. The average Bonchev–Trinajstić information content (AvgIpc) is 2.30. The highest BCUT2D eigenvalue weighted by Crippen LogP contribution is 2.15. The van der Waals surface area contributed by atoms with Gasteiger partial charge in [-0.3, -0.25) is 9.59 Å². The van der Waals surface area contributed by atoms with Gasteiger partial charge >= 0.3 is 5.97 Å². The Morgan fingerprint density at radius 2 is 1.94 bits per heavy atom. The third-order valence-electron chi connectivity index (χ3n) is 3.02. The molecule has 0 fully saturated rings. The van der Waals surface area contributed by atoms with E-state index in [0.717, 1.165) is 4.90 Å². The highest BCUT2D eigenvalue weighted by Gasteiger charge is 2.35. The van der Waals surface area contributed by atoms with Crippen LogP contribution < -0.4 is 5.56 Å². The monoisotopic (exact) mass is 252 g/mol. The van der Waals surface area contributed by atoms with Crippen LogP contribution in [0.1, 0.15) is 24.2 Å². The van der Waals surface area contributed by atoms with Crippen LogP contribution in [0.2, 0.25) is 0 Å². The van der Waals surface area contributed by atoms with Crippen molar-refractivity contribution in [3.05, 3.63) is 34.2 Å². The second-order valence-electron chi connectivity index (χ2n) is 4.59. The minimum atomic E-state index is -1.34. The second kappa shape index (κ2) is 4.64. The van der Waals surface area contributed by atoms with Gasteiger partial charge in [0.15, 0.2) is 0 Å². The molecule has 0 atom stereocenters. The Bertz CT molecular complexity index is 545. The predicted octanol–water partition coefficient (Wildman–Crippen LogP) is 0.320. The molecule has 1 N–H and O–H groups in total. The molecule has 1 aromatic heterocycles. The van der Waals surface area contributed by atoms with E-state index in [9.17, 15) is 14.4 Å². The number of hydrogen-bond acceptors (Lipinski definition) is 3. The highest BCUT2D eigenvalue weighted by molar-refractivity contribution is 5.97. The van der Waals surface area contributed by atoms with Crippen LogP contribution in [0.3, 0.4) is 0 Å². The Balaban J connectivity index is 3.11. The predicted molar refractivity (Wildman–Crippen MR) is 65.5 cm³/mol. The summed E-state index contributed by atoms with van der Waals surface area (Å²) in [7, 11) is 2.97. The van der Waals surface area contributed by atoms with Crippen molar-refractivity contribution >= 4 is 11.9 Å². The number of hydrogen-bond donors (Lipinski definition) is 1. The summed E-state index contributed by atoms with van der Waals surface area (Å²) >= 11 is 0. The van der Waals surface area contributed by atoms with Gasteiger partial charge in [0.2, 0.25) is 0 Å². The van der Waals surface area contributed by atoms with Crippen LogP contribution >= 0.6 is 0 Å². The van der Waals surface area contributed by atoms with Gasteiger partial charge in [0, 0.05) is 31.9 Å². The van der Waals surface area contributed by atoms with Crippen molar-refractivity contribution in [3.63, 3.8) is 0 Å². The molecule has 0 saturated carbocycles. The molecule has 0 spiro atoms. The maximum absolute atomic E-state index is 12.1. The SMILES string of the molecule is CN(C(=O)c1ccn(C)c(=O)c1)C(C)(C)C(=O)O. The fourth-order valence-electron chi connectivity index (χ4n) is 1.27. The van der Waals surface area contributed by atoms with Crippen LogP contribution in [0.15, 0.2) is 23.1 Å². The van der Waals surface area contributed by atoms with Crippen molar-refractivity contribution in [3.8, 4) is 0 Å². The Kier molecular flexibility index (Phi) is 3.59. The third-order valence-corrected chi connectivity index (χ3v) is 3.02. The first-order valence-electron chi connectivity index (χ1n) is 5.36. The zero-order valence-corrected chi connectivity index (χ0v) is 10.8. The number of carboxylic acids is 1. The van der Waals surface area contributed by atoms with E-state index in [1.54, 1.807) is 7.05 Å². The van der Waals surface area contributed by atoms with E-state index < -0.39 is 17.4 Å². The van der Waals surface area contributed by atoms with E-state index in [2.05, 4.69) is 0 Å². The van der Waals surface area contributed by atoms with Gasteiger partial charge in [-0.2, -0.15) is 0 Å². The summed E-state index contributed by atoms with van der Waals surface area (Å²) in [4.78, 5) is 35.7. The molecular formula is C12H16N2O4. The lowest BCUT2D eigenvalue weighted by molar-refractivity contribution is -0.147. The molecule has 1 heterocycles. The Morgan fingerprint density at radius 1 is 1.39 bits per heavy atom. The maximum Gasteiger partial charge on any atom is 0.329 e. The Morgan fingerprint density at radius 3 is 2.39 bits per heavy atom. The van der Waals surface area contributed by atoms with Crippen molar-refractivity contribution in [1.29, 1.82) is 0 Å². The molecule has 0 radical (unpaired) electrons. The fraction of sp³-hybridized carbons (Fsp3) is 0.417. The Hall–Kier alpha value is -2.11. The first kappa shape index (κ1) is 14.0. The maximum atomic E-state index is 12.1. The molecule has 0 bridgehead atoms. The number of pyridine rings is 1. The number of likely N-dealkylation sites (N-methyl/N-ethyl adjacent to an activating group) is 1. The highest BCUT2D eigenvalue weighted by atomic mass is 16.4. The number of carbonyl (C=O) groups excluding carboxylic acids is 1. The van der Waals surface area contributed by atoms with Gasteiger partial charge in [-0.25, -0.2) is 4.79 Å². The van der Waals surface area contributed by atoms with Crippen LogP contribution in [0.4, 0.5) is 0 Å². The quantitative estimate of drug-likeness (QED) is 0.840. The normalized spacial score (nSPS) is 11.1. The van der Waals surface area contributed by atoms with Gasteiger partial charge in [-0.1, -0.05) is 0 Å². The lowest BCUT2D eigenvalue weighted by Crippen LogP contribution is -2.50. The summed E-state index contributed by atoms with van der Waals surface area (Å²) in [6, 6.07) is 2.68. The average molecular weight is 252 g/mol. The first-order valence-corrected chi connectivity index (χ1v) is 5.36. The number of aromatic nitrogens is 1. The molecule has 1 aromatic rings. The van der Waals surface area contributed by atoms with Gasteiger partial charge in [0.05, 0.1) is 0 Å². The third kappa shape index (κ3) is 2.42. The number of aliphatic carboxylic acids is 1. The summed E-state index contributed by atoms with van der Waals surface area (Å²) in [5.74, 6) is -1.61. The van der Waals surface area contributed by atoms with E-state index in [1.807, 2.05) is 0 Å². The number of rotatable bonds is 3. The van der Waals surface area contributed by atoms with Gasteiger partial charge < -0.3 is 14.6 Å². The molecule has 0 aliphatic rings. The van der Waals surface area contributed by atoms with Gasteiger partial charge in [0.25, 0.3) is 11.5 Å². The number of nitrogens with zero attached hydrogens (tertiary/aromatic N) is 2. The molecule has 0 aliphatic heterocycles. The lowest BCUT2D eigenvalue weighted by atomic mass is 10.0. The Labute approximate surface area is 104 Å². The van der Waals surface area contributed by atoms with Crippen LogP contribution in [0.25, 0.3) is 0 Å². The summed E-state index contributed by atoms with van der Waals surface area (Å²) < 4.78 is 1.33. The molecule has 1 amide bonds. The largest absolute Gasteiger partial charge is 0.480 e. The minimum Gasteiger partial charge on any atom is -0.480 e. The number of carbonyl (C=O) groups is 2. The summed E-state index contributed by atoms with van der Waals surface area (Å²) in [6.07, 6.45) is 1.47. The van der Waals surface area contributed by atoms with Gasteiger partial charge in [-0.15, -0.1) is 0 Å². The molecule has 6 nitrogen and oxygen atoms in total. The van der Waals surface area contributed by atoms with Crippen molar-refractivity contribution in [1.82, 2.24) is 9.47 Å². The van der Waals surface area contributed by atoms with Crippen molar-refractivity contribution < 1.29 is 14.7 Å². The van der Waals surface area contributed by atoms with E-state index in [0.29, 0.717) is 0 Å². The molecule has 1 rings (SSSR count). The van der Waals surface area contributed by atoms with Crippen molar-refractivity contribution in [2.24, 2.45) is 7.05 Å². The standard InChI is InChI=1S/C12H16N2O4/c1-12(2,11(17)18)14(4)10(16)8-5-6-13(3)9(15)7-8/h5-7H,1-4H3,(H,17,18). The molecule has 6 heteroatoms. The lowest BCUT2D eigenvalue weighted by Gasteiger charge is -2.31. The molecular weight excluding hydrogens is 236 g/mol. The number of carboxylic acid groups (broad SMARTS) is 1. The zero-order chi connectivity index (χ0) is 14.1. The van der Waals surface area contributed by atoms with E-state index in [1.165, 1.54) is 43.8 Å². The van der Waals surface area contributed by atoms with Crippen molar-refractivity contribution in [2.45, 2.75) is 19.4 Å². The number of aryl methyl sites for hydroxylation is 1. The van der Waals surface area contributed by atoms with Crippen LogP contribution in [0, 0.1) is 0 Å². The van der Waals surface area contributed by atoms with Crippen LogP contribution in [0.5, 0.6) is 0 Å². The van der Waals surface area contributed by atoms with Crippen molar-refractivity contribution in [2.75, 3.05) is 7.05 Å².